The number of likely N-dealkylation sites (tertiary alicyclic amines) is 1. The highest BCUT2D eigenvalue weighted by Crippen LogP contribution is 2.18. The first-order valence-corrected chi connectivity index (χ1v) is 8.32. The number of aliphatic carboxylic acids is 1. The van der Waals surface area contributed by atoms with Crippen molar-refractivity contribution in [1.82, 2.24) is 14.6 Å². The van der Waals surface area contributed by atoms with Crippen molar-refractivity contribution in [3.63, 3.8) is 0 Å². The number of carbonyl (C=O) groups excluding carboxylic acids is 1. The predicted octanol–water partition coefficient (Wildman–Crippen LogP) is -0.174. The highest BCUT2D eigenvalue weighted by molar-refractivity contribution is 7.89. The van der Waals surface area contributed by atoms with Gasteiger partial charge in [0.1, 0.15) is 10.9 Å². The number of amides is 1. The number of hydrogen-bond donors (Lipinski definition) is 2. The van der Waals surface area contributed by atoms with E-state index in [1.807, 2.05) is 0 Å². The van der Waals surface area contributed by atoms with Crippen LogP contribution in [0.25, 0.3) is 0 Å². The van der Waals surface area contributed by atoms with E-state index in [1.165, 1.54) is 29.4 Å². The summed E-state index contributed by atoms with van der Waals surface area (Å²) < 4.78 is 26.2. The third kappa shape index (κ3) is 3.80. The number of nitrogens with one attached hydrogen (secondary N) is 1. The van der Waals surface area contributed by atoms with Gasteiger partial charge in [0, 0.05) is 31.9 Å². The van der Waals surface area contributed by atoms with E-state index in [0.717, 1.165) is 0 Å². The Hall–Kier alpha value is -2.00. The Morgan fingerprint density at radius 3 is 2.86 bits per heavy atom. The van der Waals surface area contributed by atoms with E-state index in [-0.39, 0.29) is 23.8 Å². The van der Waals surface area contributed by atoms with Crippen molar-refractivity contribution in [1.29, 1.82) is 0 Å². The van der Waals surface area contributed by atoms with Crippen LogP contribution in [0, 0.1) is 0 Å². The molecule has 22 heavy (non-hydrogen) atoms. The lowest BCUT2D eigenvalue weighted by atomic mass is 10.2. The molecular formula is C13H17N3O5S. The molecule has 1 aliphatic rings. The van der Waals surface area contributed by atoms with Gasteiger partial charge < -0.3 is 10.0 Å². The van der Waals surface area contributed by atoms with Crippen LogP contribution in [-0.4, -0.2) is 54.4 Å². The van der Waals surface area contributed by atoms with Crippen molar-refractivity contribution in [3.05, 3.63) is 24.5 Å². The molecule has 0 spiro atoms. The molecule has 1 aromatic heterocycles. The fourth-order valence-electron chi connectivity index (χ4n) is 2.35. The molecule has 0 aliphatic carbocycles. The Balaban J connectivity index is 1.88. The number of sulfonamides is 1. The van der Waals surface area contributed by atoms with E-state index in [0.29, 0.717) is 19.4 Å². The molecule has 1 atom stereocenters. The zero-order valence-corrected chi connectivity index (χ0v) is 12.6. The average Bonchev–Trinajstić information content (AvgIpc) is 2.97. The number of pyridine rings is 1. The lowest BCUT2D eigenvalue weighted by molar-refractivity contribution is -0.148. The fraction of sp³-hybridized carbons (Fsp3) is 0.462. The quantitative estimate of drug-likeness (QED) is 0.749. The zero-order chi connectivity index (χ0) is 16.2. The van der Waals surface area contributed by atoms with Gasteiger partial charge in [-0.05, 0) is 25.0 Å². The summed E-state index contributed by atoms with van der Waals surface area (Å²) in [5.74, 6) is -1.39. The van der Waals surface area contributed by atoms with Crippen molar-refractivity contribution in [2.24, 2.45) is 0 Å². The molecule has 1 unspecified atom stereocenters. The highest BCUT2D eigenvalue weighted by atomic mass is 32.2. The standard InChI is InChI=1S/C13H17N3O5S/c17-12(16-8-2-4-11(16)13(18)19)5-7-15-22(20,21)10-3-1-6-14-9-10/h1,3,6,9,11,15H,2,4-5,7-8H2,(H,18,19). The first-order valence-electron chi connectivity index (χ1n) is 6.84. The van der Waals surface area contributed by atoms with Gasteiger partial charge in [0.05, 0.1) is 0 Å². The second-order valence-electron chi connectivity index (χ2n) is 4.92. The number of aromatic nitrogens is 1. The van der Waals surface area contributed by atoms with Crippen molar-refractivity contribution in [2.45, 2.75) is 30.2 Å². The summed E-state index contributed by atoms with van der Waals surface area (Å²) >= 11 is 0. The highest BCUT2D eigenvalue weighted by Gasteiger charge is 2.33. The molecule has 0 radical (unpaired) electrons. The van der Waals surface area contributed by atoms with Gasteiger partial charge >= 0.3 is 5.97 Å². The van der Waals surface area contributed by atoms with Gasteiger partial charge in [0.2, 0.25) is 15.9 Å². The van der Waals surface area contributed by atoms with E-state index in [1.54, 1.807) is 0 Å². The van der Waals surface area contributed by atoms with E-state index >= 15 is 0 Å². The molecule has 0 saturated carbocycles. The van der Waals surface area contributed by atoms with Crippen LogP contribution in [0.3, 0.4) is 0 Å². The Labute approximate surface area is 128 Å². The Kier molecular flexibility index (Phi) is 5.09. The van der Waals surface area contributed by atoms with Crippen molar-refractivity contribution >= 4 is 21.9 Å². The summed E-state index contributed by atoms with van der Waals surface area (Å²) in [5, 5.41) is 9.02. The maximum atomic E-state index is 12.0. The molecular weight excluding hydrogens is 310 g/mol. The number of rotatable bonds is 6. The van der Waals surface area contributed by atoms with Crippen LogP contribution in [0.15, 0.2) is 29.4 Å². The first kappa shape index (κ1) is 16.4. The summed E-state index contributed by atoms with van der Waals surface area (Å²) in [7, 11) is -3.71. The second kappa shape index (κ2) is 6.84. The van der Waals surface area contributed by atoms with Crippen molar-refractivity contribution in [2.75, 3.05) is 13.1 Å². The maximum Gasteiger partial charge on any atom is 0.326 e. The SMILES string of the molecule is O=C(O)C1CCCN1C(=O)CCNS(=O)(=O)c1cccnc1. The lowest BCUT2D eigenvalue weighted by Gasteiger charge is -2.21. The minimum absolute atomic E-state index is 0.0204. The normalized spacial score (nSPS) is 18.4. The molecule has 1 aliphatic heterocycles. The number of carboxylic acid groups (broad SMARTS) is 1. The van der Waals surface area contributed by atoms with Gasteiger partial charge in [-0.1, -0.05) is 0 Å². The van der Waals surface area contributed by atoms with Crippen LogP contribution >= 0.6 is 0 Å². The van der Waals surface area contributed by atoms with Crippen molar-refractivity contribution in [3.8, 4) is 0 Å². The number of carbonyl (C=O) groups is 2. The minimum atomic E-state index is -3.71. The molecule has 120 valence electrons. The van der Waals surface area contributed by atoms with E-state index in [4.69, 9.17) is 5.11 Å². The zero-order valence-electron chi connectivity index (χ0n) is 11.8. The minimum Gasteiger partial charge on any atom is -0.480 e. The molecule has 2 N–H and O–H groups in total. The molecule has 8 nitrogen and oxygen atoms in total. The van der Waals surface area contributed by atoms with E-state index in [9.17, 15) is 18.0 Å². The summed E-state index contributed by atoms with van der Waals surface area (Å²) in [6.45, 7) is 0.310. The molecule has 1 aromatic rings. The Morgan fingerprint density at radius 2 is 2.23 bits per heavy atom. The third-order valence-corrected chi connectivity index (χ3v) is 4.88. The Bertz CT molecular complexity index is 647. The van der Waals surface area contributed by atoms with Gasteiger partial charge in [0.25, 0.3) is 0 Å². The molecule has 2 rings (SSSR count). The summed E-state index contributed by atoms with van der Waals surface area (Å²) in [6, 6.07) is 2.10. The topological polar surface area (TPSA) is 117 Å². The van der Waals surface area contributed by atoms with Gasteiger partial charge in [-0.25, -0.2) is 17.9 Å². The molecule has 1 saturated heterocycles. The summed E-state index contributed by atoms with van der Waals surface area (Å²) in [5.41, 5.74) is 0. The molecule has 1 amide bonds. The third-order valence-electron chi connectivity index (χ3n) is 3.43. The average molecular weight is 327 g/mol. The largest absolute Gasteiger partial charge is 0.480 e. The molecule has 9 heteroatoms. The van der Waals surface area contributed by atoms with Crippen LogP contribution in [0.4, 0.5) is 0 Å². The summed E-state index contributed by atoms with van der Waals surface area (Å²) in [4.78, 5) is 28.1. The number of carboxylic acids is 1. The van der Waals surface area contributed by atoms with Crippen molar-refractivity contribution < 1.29 is 23.1 Å². The van der Waals surface area contributed by atoms with Crippen LogP contribution in [0.2, 0.25) is 0 Å². The molecule has 0 bridgehead atoms. The molecule has 1 fully saturated rings. The lowest BCUT2D eigenvalue weighted by Crippen LogP contribution is -2.41. The smallest absolute Gasteiger partial charge is 0.326 e. The van der Waals surface area contributed by atoms with Gasteiger partial charge in [-0.15, -0.1) is 0 Å². The van der Waals surface area contributed by atoms with Gasteiger partial charge in [0.15, 0.2) is 0 Å². The number of nitrogens with zero attached hydrogens (tertiary/aromatic N) is 2. The van der Waals surface area contributed by atoms with Gasteiger partial charge in [-0.2, -0.15) is 0 Å². The van der Waals surface area contributed by atoms with Crippen LogP contribution in [0.5, 0.6) is 0 Å². The van der Waals surface area contributed by atoms with Crippen LogP contribution < -0.4 is 4.72 Å². The first-order chi connectivity index (χ1) is 10.4. The van der Waals surface area contributed by atoms with Crippen LogP contribution in [-0.2, 0) is 19.6 Å². The fourth-order valence-corrected chi connectivity index (χ4v) is 3.34. The van der Waals surface area contributed by atoms with E-state index in [2.05, 4.69) is 9.71 Å². The second-order valence-corrected chi connectivity index (χ2v) is 6.69. The summed E-state index contributed by atoms with van der Waals surface area (Å²) in [6.07, 6.45) is 3.67. The Morgan fingerprint density at radius 1 is 1.45 bits per heavy atom. The predicted molar refractivity (Wildman–Crippen MR) is 76.4 cm³/mol. The van der Waals surface area contributed by atoms with Crippen LogP contribution in [0.1, 0.15) is 19.3 Å². The van der Waals surface area contributed by atoms with Gasteiger partial charge in [-0.3, -0.25) is 9.78 Å². The maximum absolute atomic E-state index is 12.0. The molecule has 0 aromatic carbocycles. The monoisotopic (exact) mass is 327 g/mol. The number of hydrogen-bond acceptors (Lipinski definition) is 5. The molecule has 2 heterocycles. The van der Waals surface area contributed by atoms with E-state index < -0.39 is 22.0 Å².